The van der Waals surface area contributed by atoms with E-state index >= 15 is 0 Å². The molecule has 0 radical (unpaired) electrons. The van der Waals surface area contributed by atoms with Crippen molar-refractivity contribution in [2.45, 2.75) is 46.3 Å². The van der Waals surface area contributed by atoms with E-state index in [2.05, 4.69) is 5.32 Å². The zero-order valence-corrected chi connectivity index (χ0v) is 11.0. The van der Waals surface area contributed by atoms with Crippen LogP contribution in [0.25, 0.3) is 0 Å². The van der Waals surface area contributed by atoms with Gasteiger partial charge in [-0.25, -0.2) is 4.79 Å². The summed E-state index contributed by atoms with van der Waals surface area (Å²) >= 11 is 0. The molecule has 0 aromatic heterocycles. The molecule has 0 saturated carbocycles. The first-order valence-corrected chi connectivity index (χ1v) is 6.14. The lowest BCUT2D eigenvalue weighted by Gasteiger charge is -2.16. The maximum atomic E-state index is 11.4. The van der Waals surface area contributed by atoms with Gasteiger partial charge >= 0.3 is 6.09 Å². The van der Waals surface area contributed by atoms with Crippen LogP contribution in [0.4, 0.5) is 4.79 Å². The SMILES string of the molecule is CC(C)CC(=O)NCC1CN(C(C)C)C(=O)O1. The van der Waals surface area contributed by atoms with Crippen molar-refractivity contribution in [2.24, 2.45) is 5.92 Å². The third-order valence-corrected chi connectivity index (χ3v) is 2.65. The lowest BCUT2D eigenvalue weighted by molar-refractivity contribution is -0.122. The standard InChI is InChI=1S/C12H22N2O3/c1-8(2)5-11(15)13-6-10-7-14(9(3)4)12(16)17-10/h8-10H,5-7H2,1-4H3,(H,13,15). The van der Waals surface area contributed by atoms with Crippen molar-refractivity contribution in [1.29, 1.82) is 0 Å². The fraction of sp³-hybridized carbons (Fsp3) is 0.833. The highest BCUT2D eigenvalue weighted by atomic mass is 16.6. The normalized spacial score (nSPS) is 20.0. The molecule has 1 unspecified atom stereocenters. The van der Waals surface area contributed by atoms with Crippen molar-refractivity contribution in [3.8, 4) is 0 Å². The van der Waals surface area contributed by atoms with E-state index in [-0.39, 0.29) is 24.1 Å². The van der Waals surface area contributed by atoms with Crippen molar-refractivity contribution >= 4 is 12.0 Å². The Balaban J connectivity index is 2.30. The smallest absolute Gasteiger partial charge is 0.410 e. The number of hydrogen-bond acceptors (Lipinski definition) is 3. The first-order valence-electron chi connectivity index (χ1n) is 6.14. The maximum Gasteiger partial charge on any atom is 0.410 e. The second-order valence-corrected chi connectivity index (χ2v) is 5.15. The van der Waals surface area contributed by atoms with Gasteiger partial charge in [-0.1, -0.05) is 13.8 Å². The van der Waals surface area contributed by atoms with Crippen LogP contribution in [0, 0.1) is 5.92 Å². The predicted molar refractivity (Wildman–Crippen MR) is 64.6 cm³/mol. The number of nitrogens with one attached hydrogen (secondary N) is 1. The first kappa shape index (κ1) is 13.8. The van der Waals surface area contributed by atoms with Crippen LogP contribution in [-0.4, -0.2) is 42.1 Å². The molecule has 17 heavy (non-hydrogen) atoms. The molecule has 1 saturated heterocycles. The second kappa shape index (κ2) is 5.89. The number of carbonyl (C=O) groups excluding carboxylic acids is 2. The predicted octanol–water partition coefficient (Wildman–Crippen LogP) is 1.38. The molecule has 0 aromatic rings. The summed E-state index contributed by atoms with van der Waals surface area (Å²) < 4.78 is 5.16. The number of rotatable bonds is 5. The zero-order chi connectivity index (χ0) is 13.0. The third kappa shape index (κ3) is 4.24. The highest BCUT2D eigenvalue weighted by Crippen LogP contribution is 2.13. The number of cyclic esters (lactones) is 1. The topological polar surface area (TPSA) is 58.6 Å². The summed E-state index contributed by atoms with van der Waals surface area (Å²) in [6.45, 7) is 8.84. The fourth-order valence-electron chi connectivity index (χ4n) is 1.74. The summed E-state index contributed by atoms with van der Waals surface area (Å²) in [4.78, 5) is 24.5. The quantitative estimate of drug-likeness (QED) is 0.792. The minimum absolute atomic E-state index is 0.0130. The molecule has 0 aliphatic carbocycles. The van der Waals surface area contributed by atoms with Crippen molar-refractivity contribution in [2.75, 3.05) is 13.1 Å². The van der Waals surface area contributed by atoms with Gasteiger partial charge in [-0.05, 0) is 19.8 Å². The van der Waals surface area contributed by atoms with Gasteiger partial charge in [0.15, 0.2) is 0 Å². The lowest BCUT2D eigenvalue weighted by atomic mass is 10.1. The summed E-state index contributed by atoms with van der Waals surface area (Å²) in [5, 5.41) is 2.79. The van der Waals surface area contributed by atoms with E-state index in [4.69, 9.17) is 4.74 Å². The summed E-state index contributed by atoms with van der Waals surface area (Å²) in [5.41, 5.74) is 0. The Kier molecular flexibility index (Phi) is 4.78. The molecule has 0 spiro atoms. The van der Waals surface area contributed by atoms with E-state index in [0.717, 1.165) is 0 Å². The Bertz CT molecular complexity index is 289. The van der Waals surface area contributed by atoms with Crippen LogP contribution in [0.1, 0.15) is 34.1 Å². The minimum Gasteiger partial charge on any atom is -0.442 e. The molecule has 98 valence electrons. The van der Waals surface area contributed by atoms with Gasteiger partial charge in [0, 0.05) is 12.5 Å². The number of carbonyl (C=O) groups is 2. The number of ether oxygens (including phenoxy) is 1. The van der Waals surface area contributed by atoms with Crippen molar-refractivity contribution in [3.05, 3.63) is 0 Å². The Hall–Kier alpha value is -1.26. The van der Waals surface area contributed by atoms with Gasteiger partial charge in [0.25, 0.3) is 0 Å². The van der Waals surface area contributed by atoms with E-state index in [1.807, 2.05) is 27.7 Å². The van der Waals surface area contributed by atoms with Gasteiger partial charge in [0.05, 0.1) is 13.1 Å². The summed E-state index contributed by atoms with van der Waals surface area (Å²) in [5.74, 6) is 0.354. The lowest BCUT2D eigenvalue weighted by Crippen LogP contribution is -2.36. The largest absolute Gasteiger partial charge is 0.442 e. The van der Waals surface area contributed by atoms with Crippen LogP contribution in [0.3, 0.4) is 0 Å². The number of nitrogens with zero attached hydrogens (tertiary/aromatic N) is 1. The molecule has 1 aliphatic rings. The minimum atomic E-state index is -0.289. The molecule has 2 amide bonds. The molecule has 5 heteroatoms. The molecule has 0 aromatic carbocycles. The number of amides is 2. The van der Waals surface area contributed by atoms with Crippen LogP contribution < -0.4 is 5.32 Å². The molecule has 1 rings (SSSR count). The maximum absolute atomic E-state index is 11.4. The fourth-order valence-corrected chi connectivity index (χ4v) is 1.74. The zero-order valence-electron chi connectivity index (χ0n) is 11.0. The Labute approximate surface area is 102 Å². The molecule has 1 aliphatic heterocycles. The third-order valence-electron chi connectivity index (χ3n) is 2.65. The van der Waals surface area contributed by atoms with Crippen LogP contribution in [0.2, 0.25) is 0 Å². The molecule has 5 nitrogen and oxygen atoms in total. The van der Waals surface area contributed by atoms with Gasteiger partial charge in [-0.15, -0.1) is 0 Å². The molecule has 1 fully saturated rings. The van der Waals surface area contributed by atoms with E-state index in [9.17, 15) is 9.59 Å². The summed E-state index contributed by atoms with van der Waals surface area (Å²) in [6, 6.07) is 0.138. The Morgan fingerprint density at radius 1 is 1.47 bits per heavy atom. The van der Waals surface area contributed by atoms with Crippen LogP contribution in [-0.2, 0) is 9.53 Å². The monoisotopic (exact) mass is 242 g/mol. The van der Waals surface area contributed by atoms with Crippen molar-refractivity contribution < 1.29 is 14.3 Å². The molecule has 1 N–H and O–H groups in total. The van der Waals surface area contributed by atoms with Gasteiger partial charge in [-0.2, -0.15) is 0 Å². The van der Waals surface area contributed by atoms with E-state index in [0.29, 0.717) is 25.4 Å². The van der Waals surface area contributed by atoms with Crippen molar-refractivity contribution in [3.63, 3.8) is 0 Å². The number of hydrogen-bond donors (Lipinski definition) is 1. The van der Waals surface area contributed by atoms with Crippen LogP contribution in [0.15, 0.2) is 0 Å². The molecule has 1 atom stereocenters. The van der Waals surface area contributed by atoms with Gasteiger partial charge < -0.3 is 15.0 Å². The molecule has 0 bridgehead atoms. The van der Waals surface area contributed by atoms with Crippen molar-refractivity contribution in [1.82, 2.24) is 10.2 Å². The average molecular weight is 242 g/mol. The Morgan fingerprint density at radius 2 is 2.12 bits per heavy atom. The molecular formula is C12H22N2O3. The van der Waals surface area contributed by atoms with E-state index in [1.54, 1.807) is 4.90 Å². The summed E-state index contributed by atoms with van der Waals surface area (Å²) in [6.07, 6.45) is -0.00158. The molecule has 1 heterocycles. The Morgan fingerprint density at radius 3 is 2.59 bits per heavy atom. The van der Waals surface area contributed by atoms with Gasteiger partial charge in [0.2, 0.25) is 5.91 Å². The van der Waals surface area contributed by atoms with E-state index in [1.165, 1.54) is 0 Å². The van der Waals surface area contributed by atoms with Crippen LogP contribution >= 0.6 is 0 Å². The van der Waals surface area contributed by atoms with Gasteiger partial charge in [-0.3, -0.25) is 4.79 Å². The van der Waals surface area contributed by atoms with E-state index < -0.39 is 0 Å². The average Bonchev–Trinajstić information content (AvgIpc) is 2.56. The highest BCUT2D eigenvalue weighted by Gasteiger charge is 2.32. The summed E-state index contributed by atoms with van der Waals surface area (Å²) in [7, 11) is 0. The molecular weight excluding hydrogens is 220 g/mol. The van der Waals surface area contributed by atoms with Crippen LogP contribution in [0.5, 0.6) is 0 Å². The van der Waals surface area contributed by atoms with Gasteiger partial charge in [0.1, 0.15) is 6.10 Å². The first-order chi connectivity index (χ1) is 7.90. The second-order valence-electron chi connectivity index (χ2n) is 5.15. The highest BCUT2D eigenvalue weighted by molar-refractivity contribution is 5.76.